The number of nitrogens with zero attached hydrogens (tertiary/aromatic N) is 1. The first-order valence-corrected chi connectivity index (χ1v) is 7.22. The highest BCUT2D eigenvalue weighted by molar-refractivity contribution is 5.43. The molecule has 1 aromatic rings. The molecule has 0 radical (unpaired) electrons. The van der Waals surface area contributed by atoms with Gasteiger partial charge in [0.05, 0.1) is 11.7 Å². The molecule has 3 rings (SSSR count). The number of rotatable bonds is 3. The van der Waals surface area contributed by atoms with Crippen molar-refractivity contribution in [3.8, 4) is 11.8 Å². The quantitative estimate of drug-likeness (QED) is 0.847. The van der Waals surface area contributed by atoms with Crippen molar-refractivity contribution in [1.29, 1.82) is 5.26 Å². The maximum atomic E-state index is 13.5. The first-order chi connectivity index (χ1) is 9.72. The molecule has 3 nitrogen and oxygen atoms in total. The summed E-state index contributed by atoms with van der Waals surface area (Å²) in [5.74, 6) is -0.229. The van der Waals surface area contributed by atoms with Crippen molar-refractivity contribution in [1.82, 2.24) is 0 Å². The van der Waals surface area contributed by atoms with E-state index in [9.17, 15) is 4.39 Å². The van der Waals surface area contributed by atoms with E-state index >= 15 is 0 Å². The van der Waals surface area contributed by atoms with E-state index in [0.29, 0.717) is 12.4 Å². The Morgan fingerprint density at radius 1 is 1.35 bits per heavy atom. The van der Waals surface area contributed by atoms with Crippen LogP contribution in [0.15, 0.2) is 18.2 Å². The van der Waals surface area contributed by atoms with Crippen LogP contribution in [0.5, 0.6) is 5.75 Å². The lowest BCUT2D eigenvalue weighted by Gasteiger charge is -2.23. The summed E-state index contributed by atoms with van der Waals surface area (Å²) in [6.45, 7) is 0.389. The van der Waals surface area contributed by atoms with Crippen LogP contribution in [0, 0.1) is 17.1 Å². The molecule has 20 heavy (non-hydrogen) atoms. The first kappa shape index (κ1) is 13.4. The van der Waals surface area contributed by atoms with Crippen LogP contribution < -0.4 is 4.74 Å². The summed E-state index contributed by atoms with van der Waals surface area (Å²) in [5, 5.41) is 8.96. The van der Waals surface area contributed by atoms with Crippen molar-refractivity contribution >= 4 is 0 Å². The Hall–Kier alpha value is -1.60. The maximum absolute atomic E-state index is 13.5. The van der Waals surface area contributed by atoms with Crippen LogP contribution in [0.3, 0.4) is 0 Å². The van der Waals surface area contributed by atoms with Crippen molar-refractivity contribution in [3.05, 3.63) is 29.6 Å². The molecule has 1 unspecified atom stereocenters. The zero-order valence-electron chi connectivity index (χ0n) is 11.4. The number of halogens is 1. The van der Waals surface area contributed by atoms with E-state index in [2.05, 4.69) is 0 Å². The average molecular weight is 275 g/mol. The van der Waals surface area contributed by atoms with Gasteiger partial charge in [-0.2, -0.15) is 5.26 Å². The topological polar surface area (TPSA) is 42.2 Å². The lowest BCUT2D eigenvalue weighted by atomic mass is 9.98. The van der Waals surface area contributed by atoms with Gasteiger partial charge in [-0.25, -0.2) is 4.39 Å². The van der Waals surface area contributed by atoms with Crippen molar-refractivity contribution < 1.29 is 13.9 Å². The normalized spacial score (nSPS) is 23.9. The minimum Gasteiger partial charge on any atom is -0.489 e. The molecule has 0 bridgehead atoms. The molecular weight excluding hydrogens is 257 g/mol. The first-order valence-electron chi connectivity index (χ1n) is 7.22. The van der Waals surface area contributed by atoms with Crippen molar-refractivity contribution in [2.45, 2.75) is 50.2 Å². The van der Waals surface area contributed by atoms with Gasteiger partial charge in [-0.3, -0.25) is 0 Å². The van der Waals surface area contributed by atoms with Crippen LogP contribution in [-0.4, -0.2) is 18.3 Å². The molecule has 1 saturated carbocycles. The molecule has 1 aliphatic heterocycles. The molecular formula is C16H18FNO2. The molecule has 2 aliphatic rings. The van der Waals surface area contributed by atoms with Gasteiger partial charge < -0.3 is 9.47 Å². The number of benzene rings is 1. The molecule has 0 N–H and O–H groups in total. The van der Waals surface area contributed by atoms with E-state index in [1.54, 1.807) is 12.1 Å². The van der Waals surface area contributed by atoms with Gasteiger partial charge in [-0.15, -0.1) is 0 Å². The minimum absolute atomic E-state index is 0.0268. The fourth-order valence-corrected chi connectivity index (χ4v) is 3.32. The third kappa shape index (κ3) is 2.51. The monoisotopic (exact) mass is 275 g/mol. The minimum atomic E-state index is -0.537. The fraction of sp³-hybridized carbons (Fsp3) is 0.562. The highest BCUT2D eigenvalue weighted by Crippen LogP contribution is 2.43. The SMILES string of the molecule is N#Cc1c(F)cccc1OCC1CCC2(CCCC2)O1. The molecule has 106 valence electrons. The maximum Gasteiger partial charge on any atom is 0.144 e. The number of nitriles is 1. The van der Waals surface area contributed by atoms with Crippen LogP contribution in [0.25, 0.3) is 0 Å². The van der Waals surface area contributed by atoms with E-state index in [1.807, 2.05) is 6.07 Å². The van der Waals surface area contributed by atoms with Gasteiger partial charge in [0.15, 0.2) is 0 Å². The summed E-state index contributed by atoms with van der Waals surface area (Å²) in [4.78, 5) is 0. The van der Waals surface area contributed by atoms with E-state index in [-0.39, 0.29) is 17.3 Å². The zero-order chi connectivity index (χ0) is 14.0. The highest BCUT2D eigenvalue weighted by Gasteiger charge is 2.42. The zero-order valence-corrected chi connectivity index (χ0v) is 11.4. The Morgan fingerprint density at radius 3 is 2.90 bits per heavy atom. The predicted molar refractivity (Wildman–Crippen MR) is 71.9 cm³/mol. The average Bonchev–Trinajstić information content (AvgIpc) is 3.07. The smallest absolute Gasteiger partial charge is 0.144 e. The molecule has 1 aliphatic carbocycles. The lowest BCUT2D eigenvalue weighted by Crippen LogP contribution is -2.27. The molecule has 0 amide bonds. The van der Waals surface area contributed by atoms with Crippen LogP contribution in [0.1, 0.15) is 44.1 Å². The molecule has 0 aromatic heterocycles. The molecule has 2 fully saturated rings. The fourth-order valence-electron chi connectivity index (χ4n) is 3.32. The van der Waals surface area contributed by atoms with Crippen LogP contribution in [0.4, 0.5) is 4.39 Å². The number of hydrogen-bond acceptors (Lipinski definition) is 3. The van der Waals surface area contributed by atoms with E-state index in [4.69, 9.17) is 14.7 Å². The molecule has 1 spiro atoms. The van der Waals surface area contributed by atoms with Crippen LogP contribution >= 0.6 is 0 Å². The second kappa shape index (κ2) is 5.41. The lowest BCUT2D eigenvalue weighted by molar-refractivity contribution is -0.0509. The van der Waals surface area contributed by atoms with E-state index in [1.165, 1.54) is 18.9 Å². The van der Waals surface area contributed by atoms with Gasteiger partial charge >= 0.3 is 0 Å². The molecule has 4 heteroatoms. The number of hydrogen-bond donors (Lipinski definition) is 0. The van der Waals surface area contributed by atoms with Crippen LogP contribution in [-0.2, 0) is 4.74 Å². The van der Waals surface area contributed by atoms with Gasteiger partial charge in [0.25, 0.3) is 0 Å². The molecule has 1 heterocycles. The summed E-state index contributed by atoms with van der Waals surface area (Å²) in [6.07, 6.45) is 6.92. The predicted octanol–water partition coefficient (Wildman–Crippen LogP) is 3.57. The van der Waals surface area contributed by atoms with Crippen molar-refractivity contribution in [2.75, 3.05) is 6.61 Å². The Morgan fingerprint density at radius 2 is 2.15 bits per heavy atom. The van der Waals surface area contributed by atoms with E-state index in [0.717, 1.165) is 25.7 Å². The van der Waals surface area contributed by atoms with Gasteiger partial charge in [0.2, 0.25) is 0 Å². The van der Waals surface area contributed by atoms with Gasteiger partial charge in [0, 0.05) is 0 Å². The van der Waals surface area contributed by atoms with Crippen molar-refractivity contribution in [3.63, 3.8) is 0 Å². The second-order valence-electron chi connectivity index (χ2n) is 5.70. The summed E-state index contributed by atoms with van der Waals surface area (Å²) in [6, 6.07) is 6.30. The van der Waals surface area contributed by atoms with Gasteiger partial charge in [0.1, 0.15) is 29.8 Å². The molecule has 1 atom stereocenters. The van der Waals surface area contributed by atoms with Crippen molar-refractivity contribution in [2.24, 2.45) is 0 Å². The third-order valence-electron chi connectivity index (χ3n) is 4.37. The van der Waals surface area contributed by atoms with Crippen LogP contribution in [0.2, 0.25) is 0 Å². The van der Waals surface area contributed by atoms with E-state index < -0.39 is 5.82 Å². The summed E-state index contributed by atoms with van der Waals surface area (Å²) < 4.78 is 25.2. The Kier molecular flexibility index (Phi) is 3.62. The number of ether oxygens (including phenoxy) is 2. The summed E-state index contributed by atoms with van der Waals surface area (Å²) in [5.41, 5.74) is 0.0506. The largest absolute Gasteiger partial charge is 0.489 e. The third-order valence-corrected chi connectivity index (χ3v) is 4.37. The Labute approximate surface area is 118 Å². The second-order valence-corrected chi connectivity index (χ2v) is 5.70. The molecule has 1 saturated heterocycles. The van der Waals surface area contributed by atoms with Gasteiger partial charge in [-0.05, 0) is 37.8 Å². The standard InChI is InChI=1S/C16H18FNO2/c17-14-4-3-5-15(13(14)10-18)19-11-12-6-9-16(20-12)7-1-2-8-16/h3-5,12H,1-2,6-9,11H2. The Bertz CT molecular complexity index is 532. The Balaban J connectivity index is 1.61. The summed E-state index contributed by atoms with van der Waals surface area (Å²) >= 11 is 0. The molecule has 1 aromatic carbocycles. The summed E-state index contributed by atoms with van der Waals surface area (Å²) in [7, 11) is 0. The van der Waals surface area contributed by atoms with Gasteiger partial charge in [-0.1, -0.05) is 18.9 Å². The highest BCUT2D eigenvalue weighted by atomic mass is 19.1.